The van der Waals surface area contributed by atoms with Gasteiger partial charge in [-0.3, -0.25) is 9.48 Å². The predicted molar refractivity (Wildman–Crippen MR) is 80.4 cm³/mol. The van der Waals surface area contributed by atoms with E-state index in [4.69, 9.17) is 0 Å². The fourth-order valence-electron chi connectivity index (χ4n) is 2.28. The topological polar surface area (TPSA) is 59.8 Å². The summed E-state index contributed by atoms with van der Waals surface area (Å²) in [5.74, 6) is -0.557. The Morgan fingerprint density at radius 1 is 1.26 bits per heavy atom. The molecule has 0 saturated heterocycles. The summed E-state index contributed by atoms with van der Waals surface area (Å²) in [7, 11) is 0. The molecule has 9 heteroatoms. The molecule has 23 heavy (non-hydrogen) atoms. The summed E-state index contributed by atoms with van der Waals surface area (Å²) < 4.78 is 39.8. The molecule has 0 aliphatic carbocycles. The molecule has 2 aromatic rings. The third-order valence-electron chi connectivity index (χ3n) is 3.50. The zero-order chi connectivity index (χ0) is 17.4. The molecule has 1 N–H and O–H groups in total. The first-order valence-electron chi connectivity index (χ1n) is 7.00. The Bertz CT molecular complexity index is 733. The van der Waals surface area contributed by atoms with Crippen molar-refractivity contribution in [3.8, 4) is 0 Å². The number of thiazole rings is 1. The molecule has 126 valence electrons. The second kappa shape index (κ2) is 6.31. The van der Waals surface area contributed by atoms with E-state index >= 15 is 0 Å². The van der Waals surface area contributed by atoms with E-state index in [0.717, 1.165) is 17.0 Å². The maximum Gasteiger partial charge on any atom is 0.443 e. The fourth-order valence-corrected chi connectivity index (χ4v) is 3.12. The summed E-state index contributed by atoms with van der Waals surface area (Å²) in [5, 5.41) is 5.98. The van der Waals surface area contributed by atoms with Crippen molar-refractivity contribution < 1.29 is 18.0 Å². The molecule has 2 rings (SSSR count). The van der Waals surface area contributed by atoms with Crippen LogP contribution < -0.4 is 5.32 Å². The summed E-state index contributed by atoms with van der Waals surface area (Å²) >= 11 is 0.359. The average molecular weight is 346 g/mol. The highest BCUT2D eigenvalue weighted by Crippen LogP contribution is 2.34. The summed E-state index contributed by atoms with van der Waals surface area (Å²) in [6, 6.07) is 0. The first kappa shape index (κ1) is 17.5. The maximum atomic E-state index is 12.6. The average Bonchev–Trinajstić information content (AvgIpc) is 2.97. The van der Waals surface area contributed by atoms with Crippen LogP contribution in [0.1, 0.15) is 44.2 Å². The first-order chi connectivity index (χ1) is 10.6. The number of halogens is 3. The van der Waals surface area contributed by atoms with Crippen molar-refractivity contribution in [1.29, 1.82) is 0 Å². The standard InChI is InChI=1S/C14H17F3N4OS/c1-5-21-9(4)10(7(2)20-21)6-18-12(22)11-8(3)19-13(23-11)14(15,16)17/h5-6H2,1-4H3,(H,18,22). The smallest absolute Gasteiger partial charge is 0.347 e. The lowest BCUT2D eigenvalue weighted by Crippen LogP contribution is -2.23. The number of nitrogens with one attached hydrogen (secondary N) is 1. The van der Waals surface area contributed by atoms with Crippen molar-refractivity contribution in [1.82, 2.24) is 20.1 Å². The van der Waals surface area contributed by atoms with E-state index in [1.165, 1.54) is 6.92 Å². The molecule has 0 atom stereocenters. The van der Waals surface area contributed by atoms with E-state index in [1.807, 2.05) is 25.5 Å². The molecule has 1 amide bonds. The van der Waals surface area contributed by atoms with Gasteiger partial charge < -0.3 is 5.32 Å². The van der Waals surface area contributed by atoms with Crippen LogP contribution in [-0.4, -0.2) is 20.7 Å². The van der Waals surface area contributed by atoms with E-state index in [1.54, 1.807) is 0 Å². The Morgan fingerprint density at radius 2 is 1.91 bits per heavy atom. The maximum absolute atomic E-state index is 12.6. The second-order valence-corrected chi connectivity index (χ2v) is 6.08. The minimum Gasteiger partial charge on any atom is -0.347 e. The largest absolute Gasteiger partial charge is 0.443 e. The highest BCUT2D eigenvalue weighted by molar-refractivity contribution is 7.13. The molecule has 0 aromatic carbocycles. The van der Waals surface area contributed by atoms with Gasteiger partial charge in [-0.25, -0.2) is 4.98 Å². The Hall–Kier alpha value is -1.90. The summed E-state index contributed by atoms with van der Waals surface area (Å²) in [6.07, 6.45) is -4.54. The highest BCUT2D eigenvalue weighted by atomic mass is 32.1. The monoisotopic (exact) mass is 346 g/mol. The van der Waals surface area contributed by atoms with Crippen LogP contribution in [0.4, 0.5) is 13.2 Å². The molecule has 0 saturated carbocycles. The minimum atomic E-state index is -4.54. The molecule has 2 aromatic heterocycles. The number of aromatic nitrogens is 3. The Balaban J connectivity index is 2.15. The molecule has 2 heterocycles. The van der Waals surface area contributed by atoms with Gasteiger partial charge in [0.25, 0.3) is 5.91 Å². The van der Waals surface area contributed by atoms with E-state index in [9.17, 15) is 18.0 Å². The summed E-state index contributed by atoms with van der Waals surface area (Å²) in [6.45, 7) is 8.01. The fraction of sp³-hybridized carbons (Fsp3) is 0.500. The number of rotatable bonds is 4. The lowest BCUT2D eigenvalue weighted by atomic mass is 10.2. The van der Waals surface area contributed by atoms with Crippen LogP contribution in [0.15, 0.2) is 0 Å². The number of aryl methyl sites for hydroxylation is 3. The van der Waals surface area contributed by atoms with Crippen molar-refractivity contribution in [3.63, 3.8) is 0 Å². The highest BCUT2D eigenvalue weighted by Gasteiger charge is 2.36. The summed E-state index contributed by atoms with van der Waals surface area (Å²) in [5.41, 5.74) is 2.68. The number of carbonyl (C=O) groups excluding carboxylic acids is 1. The van der Waals surface area contributed by atoms with Crippen molar-refractivity contribution >= 4 is 17.2 Å². The molecule has 0 bridgehead atoms. The zero-order valence-corrected chi connectivity index (χ0v) is 14.0. The van der Waals surface area contributed by atoms with Crippen LogP contribution in [0.25, 0.3) is 0 Å². The number of carbonyl (C=O) groups is 1. The minimum absolute atomic E-state index is 0.0180. The Kier molecular flexibility index (Phi) is 4.79. The molecule has 0 unspecified atom stereocenters. The lowest BCUT2D eigenvalue weighted by Gasteiger charge is -2.05. The van der Waals surface area contributed by atoms with Gasteiger partial charge in [0.15, 0.2) is 5.01 Å². The number of hydrogen-bond donors (Lipinski definition) is 1. The Labute approximate surface area is 135 Å². The first-order valence-corrected chi connectivity index (χ1v) is 7.82. The van der Waals surface area contributed by atoms with E-state index < -0.39 is 17.1 Å². The second-order valence-electron chi connectivity index (χ2n) is 5.08. The van der Waals surface area contributed by atoms with Crippen molar-refractivity contribution in [3.05, 3.63) is 32.5 Å². The third kappa shape index (κ3) is 3.54. The SMILES string of the molecule is CCn1nc(C)c(CNC(=O)c2sc(C(F)(F)F)nc2C)c1C. The van der Waals surface area contributed by atoms with E-state index in [0.29, 0.717) is 17.9 Å². The molecule has 0 aliphatic rings. The van der Waals surface area contributed by atoms with E-state index in [2.05, 4.69) is 15.4 Å². The van der Waals surface area contributed by atoms with Gasteiger partial charge in [-0.05, 0) is 27.7 Å². The van der Waals surface area contributed by atoms with Gasteiger partial charge in [-0.1, -0.05) is 0 Å². The number of alkyl halides is 3. The predicted octanol–water partition coefficient (Wildman–Crippen LogP) is 3.23. The van der Waals surface area contributed by atoms with Crippen molar-refractivity contribution in [2.75, 3.05) is 0 Å². The quantitative estimate of drug-likeness (QED) is 0.925. The van der Waals surface area contributed by atoms with Crippen LogP contribution in [0, 0.1) is 20.8 Å². The third-order valence-corrected chi connectivity index (χ3v) is 4.70. The number of amides is 1. The Morgan fingerprint density at radius 3 is 2.39 bits per heavy atom. The van der Waals surface area contributed by atoms with Gasteiger partial charge in [0, 0.05) is 24.3 Å². The van der Waals surface area contributed by atoms with Crippen LogP contribution >= 0.6 is 11.3 Å². The number of nitrogens with zero attached hydrogens (tertiary/aromatic N) is 3. The molecule has 0 aliphatic heterocycles. The van der Waals surface area contributed by atoms with Gasteiger partial charge in [0.05, 0.1) is 11.4 Å². The molecular weight excluding hydrogens is 329 g/mol. The van der Waals surface area contributed by atoms with Crippen LogP contribution in [0.5, 0.6) is 0 Å². The van der Waals surface area contributed by atoms with Crippen molar-refractivity contribution in [2.45, 2.75) is 47.0 Å². The van der Waals surface area contributed by atoms with Gasteiger partial charge in [0.1, 0.15) is 4.88 Å². The zero-order valence-electron chi connectivity index (χ0n) is 13.2. The molecule has 0 fully saturated rings. The van der Waals surface area contributed by atoms with Crippen LogP contribution in [0.2, 0.25) is 0 Å². The van der Waals surface area contributed by atoms with Gasteiger partial charge in [0.2, 0.25) is 0 Å². The van der Waals surface area contributed by atoms with Gasteiger partial charge >= 0.3 is 6.18 Å². The van der Waals surface area contributed by atoms with Crippen molar-refractivity contribution in [2.24, 2.45) is 0 Å². The van der Waals surface area contributed by atoms with Gasteiger partial charge in [-0.15, -0.1) is 11.3 Å². The molecule has 5 nitrogen and oxygen atoms in total. The number of hydrogen-bond acceptors (Lipinski definition) is 4. The summed E-state index contributed by atoms with van der Waals surface area (Å²) in [4.78, 5) is 15.6. The lowest BCUT2D eigenvalue weighted by molar-refractivity contribution is -0.137. The van der Waals surface area contributed by atoms with Crippen LogP contribution in [0.3, 0.4) is 0 Å². The molecule has 0 radical (unpaired) electrons. The van der Waals surface area contributed by atoms with Gasteiger partial charge in [-0.2, -0.15) is 18.3 Å². The van der Waals surface area contributed by atoms with E-state index in [-0.39, 0.29) is 17.1 Å². The van der Waals surface area contributed by atoms with Crippen LogP contribution in [-0.2, 0) is 19.3 Å². The molecule has 0 spiro atoms. The normalized spacial score (nSPS) is 11.8. The molecular formula is C14H17F3N4OS.